The first-order chi connectivity index (χ1) is 12.5. The molecular weight excluding hydrogens is 332 g/mol. The van der Waals surface area contributed by atoms with Crippen LogP contribution >= 0.6 is 0 Å². The van der Waals surface area contributed by atoms with Crippen LogP contribution in [0.3, 0.4) is 0 Å². The van der Waals surface area contributed by atoms with Crippen molar-refractivity contribution < 1.29 is 4.79 Å². The lowest BCUT2D eigenvalue weighted by Gasteiger charge is -2.13. The van der Waals surface area contributed by atoms with Gasteiger partial charge in [-0.1, -0.05) is 13.8 Å². The van der Waals surface area contributed by atoms with Crippen LogP contribution in [0.5, 0.6) is 0 Å². The molecule has 0 aliphatic carbocycles. The topological polar surface area (TPSA) is 114 Å². The Balaban J connectivity index is 2.01. The second-order valence-corrected chi connectivity index (χ2v) is 6.02. The second-order valence-electron chi connectivity index (χ2n) is 6.02. The Labute approximate surface area is 149 Å². The molecule has 3 aromatic rings. The largest absolute Gasteiger partial charge is 0.309 e. The highest BCUT2D eigenvalue weighted by atomic mass is 16.2. The average Bonchev–Trinajstić information content (AvgIpc) is 2.64. The quantitative estimate of drug-likeness (QED) is 0.769. The number of nitrogens with one attached hydrogen (secondary N) is 1. The number of nitriles is 1. The molecule has 1 aromatic carbocycles. The molecule has 130 valence electrons. The fourth-order valence-corrected chi connectivity index (χ4v) is 2.60. The number of carbonyl (C=O) groups is 1. The van der Waals surface area contributed by atoms with Gasteiger partial charge in [-0.2, -0.15) is 10.4 Å². The summed E-state index contributed by atoms with van der Waals surface area (Å²) in [4.78, 5) is 32.6. The molecule has 0 atom stereocenters. The number of hydrogen-bond acceptors (Lipinski definition) is 6. The van der Waals surface area contributed by atoms with E-state index in [-0.39, 0.29) is 18.0 Å². The minimum atomic E-state index is -0.416. The van der Waals surface area contributed by atoms with Crippen molar-refractivity contribution >= 4 is 22.5 Å². The van der Waals surface area contributed by atoms with E-state index in [1.807, 2.05) is 13.8 Å². The number of aromatic nitrogens is 4. The summed E-state index contributed by atoms with van der Waals surface area (Å²) in [6, 6.07) is 8.46. The lowest BCUT2D eigenvalue weighted by Crippen LogP contribution is -2.31. The highest BCUT2D eigenvalue weighted by Crippen LogP contribution is 2.22. The minimum absolute atomic E-state index is 0.0169. The molecule has 0 radical (unpaired) electrons. The normalized spacial score (nSPS) is 10.7. The third-order valence-corrected chi connectivity index (χ3v) is 3.81. The van der Waals surface area contributed by atoms with E-state index in [9.17, 15) is 9.59 Å². The summed E-state index contributed by atoms with van der Waals surface area (Å²) in [6.07, 6.45) is 2.83. The van der Waals surface area contributed by atoms with E-state index in [1.54, 1.807) is 24.3 Å². The first-order valence-electron chi connectivity index (χ1n) is 8.00. The number of hydrogen-bond donors (Lipinski definition) is 1. The molecule has 2 heterocycles. The van der Waals surface area contributed by atoms with Crippen LogP contribution in [0.1, 0.15) is 31.0 Å². The van der Waals surface area contributed by atoms with Crippen molar-refractivity contribution in [3.63, 3.8) is 0 Å². The molecule has 0 fully saturated rings. The Kier molecular flexibility index (Phi) is 4.71. The molecule has 3 rings (SSSR count). The summed E-state index contributed by atoms with van der Waals surface area (Å²) in [5.41, 5.74) is 0.734. The van der Waals surface area contributed by atoms with E-state index in [1.165, 1.54) is 12.5 Å². The highest BCUT2D eigenvalue weighted by molar-refractivity contribution is 5.90. The summed E-state index contributed by atoms with van der Waals surface area (Å²) in [7, 11) is 0. The molecule has 0 saturated heterocycles. The molecule has 1 amide bonds. The minimum Gasteiger partial charge on any atom is -0.309 e. The Morgan fingerprint density at radius 2 is 2.12 bits per heavy atom. The van der Waals surface area contributed by atoms with E-state index in [4.69, 9.17) is 5.26 Å². The third-order valence-electron chi connectivity index (χ3n) is 3.81. The van der Waals surface area contributed by atoms with Gasteiger partial charge < -0.3 is 5.32 Å². The van der Waals surface area contributed by atoms with Crippen LogP contribution < -0.4 is 10.9 Å². The van der Waals surface area contributed by atoms with Gasteiger partial charge in [0.15, 0.2) is 0 Å². The van der Waals surface area contributed by atoms with Crippen LogP contribution in [-0.2, 0) is 11.3 Å². The molecule has 0 aliphatic heterocycles. The molecule has 8 nitrogen and oxygen atoms in total. The first kappa shape index (κ1) is 17.2. The zero-order valence-electron chi connectivity index (χ0n) is 14.3. The molecule has 2 aromatic heterocycles. The Morgan fingerprint density at radius 3 is 2.77 bits per heavy atom. The third kappa shape index (κ3) is 3.42. The van der Waals surface area contributed by atoms with E-state index in [0.717, 1.165) is 4.68 Å². The van der Waals surface area contributed by atoms with Gasteiger partial charge >= 0.3 is 0 Å². The summed E-state index contributed by atoms with van der Waals surface area (Å²) >= 11 is 0. The SMILES string of the molecule is CC(C)c1nn(CC(=O)Nc2ccncn2)c(=O)c2ccc(C#N)cc12. The molecule has 1 N–H and O–H groups in total. The second kappa shape index (κ2) is 7.11. The molecule has 26 heavy (non-hydrogen) atoms. The zero-order valence-corrected chi connectivity index (χ0v) is 14.3. The Bertz CT molecular complexity index is 1070. The van der Waals surface area contributed by atoms with Crippen LogP contribution in [0, 0.1) is 11.3 Å². The van der Waals surface area contributed by atoms with Gasteiger partial charge in [-0.3, -0.25) is 9.59 Å². The van der Waals surface area contributed by atoms with E-state index in [0.29, 0.717) is 27.8 Å². The number of anilines is 1. The van der Waals surface area contributed by atoms with Crippen LogP contribution in [0.2, 0.25) is 0 Å². The van der Waals surface area contributed by atoms with Gasteiger partial charge in [0.25, 0.3) is 5.56 Å². The zero-order chi connectivity index (χ0) is 18.7. The predicted octanol–water partition coefficient (Wildman–Crippen LogP) is 1.82. The van der Waals surface area contributed by atoms with Crippen molar-refractivity contribution in [2.24, 2.45) is 0 Å². The van der Waals surface area contributed by atoms with Crippen LogP contribution in [0.25, 0.3) is 10.8 Å². The fourth-order valence-electron chi connectivity index (χ4n) is 2.60. The van der Waals surface area contributed by atoms with Crippen molar-refractivity contribution in [3.8, 4) is 6.07 Å². The monoisotopic (exact) mass is 348 g/mol. The highest BCUT2D eigenvalue weighted by Gasteiger charge is 2.16. The maximum Gasteiger partial charge on any atom is 0.275 e. The molecule has 8 heteroatoms. The maximum atomic E-state index is 12.7. The van der Waals surface area contributed by atoms with Crippen LogP contribution in [0.15, 0.2) is 41.6 Å². The summed E-state index contributed by atoms with van der Waals surface area (Å²) in [5.74, 6) is -0.0502. The van der Waals surface area contributed by atoms with Crippen molar-refractivity contribution in [2.45, 2.75) is 26.3 Å². The van der Waals surface area contributed by atoms with Crippen molar-refractivity contribution in [1.82, 2.24) is 19.7 Å². The van der Waals surface area contributed by atoms with E-state index in [2.05, 4.69) is 26.5 Å². The van der Waals surface area contributed by atoms with Gasteiger partial charge in [0.2, 0.25) is 5.91 Å². The smallest absolute Gasteiger partial charge is 0.275 e. The summed E-state index contributed by atoms with van der Waals surface area (Å²) < 4.78 is 1.14. The predicted molar refractivity (Wildman–Crippen MR) is 95.5 cm³/mol. The maximum absolute atomic E-state index is 12.7. The molecule has 0 unspecified atom stereocenters. The lowest BCUT2D eigenvalue weighted by atomic mass is 10.0. The molecule has 0 saturated carbocycles. The molecular formula is C18H16N6O2. The molecule has 0 spiro atoms. The van der Waals surface area contributed by atoms with Gasteiger partial charge in [0.1, 0.15) is 18.7 Å². The van der Waals surface area contributed by atoms with Crippen molar-refractivity contribution in [2.75, 3.05) is 5.32 Å². The van der Waals surface area contributed by atoms with Crippen molar-refractivity contribution in [1.29, 1.82) is 5.26 Å². The standard InChI is InChI=1S/C18H16N6O2/c1-11(2)17-14-7-12(8-19)3-4-13(14)18(26)24(23-17)9-16(25)22-15-5-6-20-10-21-15/h3-7,10-11H,9H2,1-2H3,(H,20,21,22,25). The fraction of sp³-hybridized carbons (Fsp3) is 0.222. The number of rotatable bonds is 4. The van der Waals surface area contributed by atoms with Gasteiger partial charge in [-0.15, -0.1) is 0 Å². The molecule has 0 bridgehead atoms. The lowest BCUT2D eigenvalue weighted by molar-refractivity contribution is -0.117. The average molecular weight is 348 g/mol. The number of fused-ring (bicyclic) bond motifs is 1. The Morgan fingerprint density at radius 1 is 1.31 bits per heavy atom. The van der Waals surface area contributed by atoms with Gasteiger partial charge in [0.05, 0.1) is 22.7 Å². The van der Waals surface area contributed by atoms with Gasteiger partial charge in [0, 0.05) is 11.6 Å². The summed E-state index contributed by atoms with van der Waals surface area (Å²) in [5, 5.41) is 17.1. The number of benzene rings is 1. The van der Waals surface area contributed by atoms with Gasteiger partial charge in [-0.25, -0.2) is 14.6 Å². The number of nitrogens with zero attached hydrogens (tertiary/aromatic N) is 5. The van der Waals surface area contributed by atoms with Crippen molar-refractivity contribution in [3.05, 3.63) is 58.4 Å². The van der Waals surface area contributed by atoms with E-state index < -0.39 is 5.91 Å². The van der Waals surface area contributed by atoms with Crippen LogP contribution in [-0.4, -0.2) is 25.7 Å². The number of amides is 1. The summed E-state index contributed by atoms with van der Waals surface area (Å²) in [6.45, 7) is 3.64. The van der Waals surface area contributed by atoms with E-state index >= 15 is 0 Å². The Hall–Kier alpha value is -3.60. The first-order valence-corrected chi connectivity index (χ1v) is 8.00. The number of carbonyl (C=O) groups excluding carboxylic acids is 1. The molecule has 0 aliphatic rings. The van der Waals surface area contributed by atoms with Gasteiger partial charge in [-0.05, 0) is 30.2 Å². The van der Waals surface area contributed by atoms with Crippen LogP contribution in [0.4, 0.5) is 5.82 Å².